The molecular formula is C29H33NO4. The number of ether oxygens (including phenoxy) is 2. The Morgan fingerprint density at radius 3 is 2.59 bits per heavy atom. The molecule has 1 aliphatic heterocycles. The van der Waals surface area contributed by atoms with Gasteiger partial charge >= 0.3 is 6.09 Å². The predicted octanol–water partition coefficient (Wildman–Crippen LogP) is 5.93. The molecule has 178 valence electrons. The molecule has 0 radical (unpaired) electrons. The molecule has 1 heterocycles. The van der Waals surface area contributed by atoms with Gasteiger partial charge in [0, 0.05) is 12.5 Å². The van der Waals surface area contributed by atoms with Crippen molar-refractivity contribution >= 4 is 22.8 Å². The molecule has 0 saturated carbocycles. The average Bonchev–Trinajstić information content (AvgIpc) is 3.22. The maximum Gasteiger partial charge on any atom is 0.416 e. The summed E-state index contributed by atoms with van der Waals surface area (Å²) in [5.74, 6) is -0.447. The van der Waals surface area contributed by atoms with Crippen LogP contribution in [0.25, 0.3) is 10.8 Å². The molecule has 2 amide bonds. The number of fused-ring (bicyclic) bond motifs is 1. The van der Waals surface area contributed by atoms with Gasteiger partial charge in [-0.3, -0.25) is 4.79 Å². The first kappa shape index (κ1) is 24.0. The second-order valence-electron chi connectivity index (χ2n) is 8.97. The number of nitrogens with zero attached hydrogens (tertiary/aromatic N) is 1. The molecule has 0 aliphatic carbocycles. The van der Waals surface area contributed by atoms with E-state index in [1.54, 1.807) is 0 Å². The Morgan fingerprint density at radius 1 is 1.06 bits per heavy atom. The van der Waals surface area contributed by atoms with Crippen LogP contribution in [-0.2, 0) is 33.7 Å². The van der Waals surface area contributed by atoms with Gasteiger partial charge in [-0.2, -0.15) is 0 Å². The van der Waals surface area contributed by atoms with Gasteiger partial charge in [-0.15, -0.1) is 0 Å². The van der Waals surface area contributed by atoms with Crippen molar-refractivity contribution in [3.8, 4) is 0 Å². The van der Waals surface area contributed by atoms with Gasteiger partial charge in [-0.25, -0.2) is 9.69 Å². The van der Waals surface area contributed by atoms with Crippen molar-refractivity contribution in [3.05, 3.63) is 83.4 Å². The van der Waals surface area contributed by atoms with E-state index >= 15 is 0 Å². The van der Waals surface area contributed by atoms with Crippen molar-refractivity contribution in [1.82, 2.24) is 4.90 Å². The van der Waals surface area contributed by atoms with Gasteiger partial charge in [0.05, 0.1) is 12.6 Å². The molecule has 4 rings (SSSR count). The molecule has 0 N–H and O–H groups in total. The SMILES string of the molecule is CCCOCc1cc(CC(CC)C(=O)N2C(=O)OCC2Cc2ccccc2)cc2ccccc12. The summed E-state index contributed by atoms with van der Waals surface area (Å²) < 4.78 is 11.1. The maximum absolute atomic E-state index is 13.6. The van der Waals surface area contributed by atoms with E-state index in [1.165, 1.54) is 10.3 Å². The average molecular weight is 460 g/mol. The molecule has 1 aliphatic rings. The molecule has 0 aromatic heterocycles. The Kier molecular flexibility index (Phi) is 7.96. The predicted molar refractivity (Wildman–Crippen MR) is 134 cm³/mol. The molecule has 3 aromatic rings. The van der Waals surface area contributed by atoms with Gasteiger partial charge in [-0.1, -0.05) is 80.6 Å². The van der Waals surface area contributed by atoms with Crippen molar-refractivity contribution in [3.63, 3.8) is 0 Å². The van der Waals surface area contributed by atoms with Crippen LogP contribution in [0, 0.1) is 5.92 Å². The van der Waals surface area contributed by atoms with Crippen molar-refractivity contribution in [2.24, 2.45) is 5.92 Å². The number of carbonyl (C=O) groups excluding carboxylic acids is 2. The third-order valence-electron chi connectivity index (χ3n) is 6.45. The molecule has 5 nitrogen and oxygen atoms in total. The highest BCUT2D eigenvalue weighted by atomic mass is 16.6. The highest BCUT2D eigenvalue weighted by Crippen LogP contribution is 2.27. The number of benzene rings is 3. The van der Waals surface area contributed by atoms with Crippen LogP contribution >= 0.6 is 0 Å². The standard InChI is InChI=1S/C29H33NO4/c1-3-14-33-19-25-17-22(16-24-12-8-9-13-27(24)25)15-23(4-2)28(31)30-26(20-34-29(30)32)18-21-10-6-5-7-11-21/h5-13,16-17,23,26H,3-4,14-15,18-20H2,1-2H3. The third kappa shape index (κ3) is 5.48. The van der Waals surface area contributed by atoms with Crippen LogP contribution in [-0.4, -0.2) is 36.2 Å². The lowest BCUT2D eigenvalue weighted by Gasteiger charge is -2.25. The zero-order valence-electron chi connectivity index (χ0n) is 20.0. The van der Waals surface area contributed by atoms with Gasteiger partial charge in [-0.05, 0) is 53.1 Å². The summed E-state index contributed by atoms with van der Waals surface area (Å²) in [6.07, 6.45) is 2.26. The lowest BCUT2D eigenvalue weighted by molar-refractivity contribution is -0.133. The number of imide groups is 1. The molecule has 34 heavy (non-hydrogen) atoms. The molecule has 1 fully saturated rings. The van der Waals surface area contributed by atoms with Crippen LogP contribution in [0.4, 0.5) is 4.79 Å². The maximum atomic E-state index is 13.6. The fraction of sp³-hybridized carbons (Fsp3) is 0.379. The summed E-state index contributed by atoms with van der Waals surface area (Å²) in [5, 5.41) is 2.31. The van der Waals surface area contributed by atoms with Crippen LogP contribution in [0.2, 0.25) is 0 Å². The first-order chi connectivity index (χ1) is 16.6. The van der Waals surface area contributed by atoms with Crippen LogP contribution in [0.3, 0.4) is 0 Å². The highest BCUT2D eigenvalue weighted by Gasteiger charge is 2.40. The third-order valence-corrected chi connectivity index (χ3v) is 6.45. The first-order valence-electron chi connectivity index (χ1n) is 12.2. The summed E-state index contributed by atoms with van der Waals surface area (Å²) in [4.78, 5) is 27.4. The van der Waals surface area contributed by atoms with Crippen LogP contribution < -0.4 is 0 Å². The van der Waals surface area contributed by atoms with Crippen molar-refractivity contribution in [2.75, 3.05) is 13.2 Å². The largest absolute Gasteiger partial charge is 0.447 e. The minimum Gasteiger partial charge on any atom is -0.447 e. The Bertz CT molecular complexity index is 1130. The van der Waals surface area contributed by atoms with Crippen LogP contribution in [0.5, 0.6) is 0 Å². The molecule has 2 atom stereocenters. The van der Waals surface area contributed by atoms with E-state index in [1.807, 2.05) is 49.4 Å². The molecular weight excluding hydrogens is 426 g/mol. The van der Waals surface area contributed by atoms with Gasteiger partial charge in [0.2, 0.25) is 5.91 Å². The van der Waals surface area contributed by atoms with E-state index in [0.717, 1.165) is 28.5 Å². The summed E-state index contributed by atoms with van der Waals surface area (Å²) in [5.41, 5.74) is 3.30. The summed E-state index contributed by atoms with van der Waals surface area (Å²) in [6, 6.07) is 22.2. The van der Waals surface area contributed by atoms with Gasteiger partial charge < -0.3 is 9.47 Å². The quantitative estimate of drug-likeness (QED) is 0.353. The van der Waals surface area contributed by atoms with E-state index in [2.05, 4.69) is 31.2 Å². The Morgan fingerprint density at radius 2 is 1.82 bits per heavy atom. The van der Waals surface area contributed by atoms with Gasteiger partial charge in [0.1, 0.15) is 6.61 Å². The van der Waals surface area contributed by atoms with Gasteiger partial charge in [0.25, 0.3) is 0 Å². The molecule has 1 saturated heterocycles. The van der Waals surface area contributed by atoms with Gasteiger partial charge in [0.15, 0.2) is 0 Å². The first-order valence-corrected chi connectivity index (χ1v) is 12.2. The topological polar surface area (TPSA) is 55.8 Å². The fourth-order valence-corrected chi connectivity index (χ4v) is 4.68. The van der Waals surface area contributed by atoms with E-state index in [0.29, 0.717) is 32.5 Å². The number of hydrogen-bond donors (Lipinski definition) is 0. The van der Waals surface area contributed by atoms with E-state index < -0.39 is 6.09 Å². The molecule has 0 spiro atoms. The summed E-state index contributed by atoms with van der Waals surface area (Å²) in [7, 11) is 0. The number of carbonyl (C=O) groups is 2. The fourth-order valence-electron chi connectivity index (χ4n) is 4.68. The summed E-state index contributed by atoms with van der Waals surface area (Å²) >= 11 is 0. The Labute approximate surface area is 201 Å². The minimum atomic E-state index is -0.531. The lowest BCUT2D eigenvalue weighted by Crippen LogP contribution is -2.44. The summed E-state index contributed by atoms with van der Waals surface area (Å²) in [6.45, 7) is 5.60. The zero-order chi connectivity index (χ0) is 23.9. The second-order valence-corrected chi connectivity index (χ2v) is 8.97. The molecule has 5 heteroatoms. The van der Waals surface area contributed by atoms with Crippen molar-refractivity contribution < 1.29 is 19.1 Å². The number of hydrogen-bond acceptors (Lipinski definition) is 4. The van der Waals surface area contributed by atoms with E-state index in [9.17, 15) is 9.59 Å². The van der Waals surface area contributed by atoms with E-state index in [4.69, 9.17) is 9.47 Å². The molecule has 0 bridgehead atoms. The van der Waals surface area contributed by atoms with Crippen LogP contribution in [0.1, 0.15) is 43.4 Å². The van der Waals surface area contributed by atoms with E-state index in [-0.39, 0.29) is 24.5 Å². The molecule has 3 aromatic carbocycles. The monoisotopic (exact) mass is 459 g/mol. The minimum absolute atomic E-state index is 0.150. The smallest absolute Gasteiger partial charge is 0.416 e. The number of cyclic esters (lactones) is 1. The van der Waals surface area contributed by atoms with Crippen molar-refractivity contribution in [2.45, 2.75) is 52.2 Å². The normalized spacial score (nSPS) is 16.6. The van der Waals surface area contributed by atoms with Crippen molar-refractivity contribution in [1.29, 1.82) is 0 Å². The zero-order valence-corrected chi connectivity index (χ0v) is 20.0. The Balaban J connectivity index is 1.55. The lowest BCUT2D eigenvalue weighted by atomic mass is 9.91. The Hall–Kier alpha value is -3.18. The second kappa shape index (κ2) is 11.3. The van der Waals surface area contributed by atoms with Crippen LogP contribution in [0.15, 0.2) is 66.7 Å². The number of rotatable bonds is 10. The highest BCUT2D eigenvalue weighted by molar-refractivity contribution is 5.95. The number of amides is 2. The molecule has 2 unspecified atom stereocenters.